The molecule has 2 aliphatic rings. The number of ether oxygens (including phenoxy) is 1. The number of amides is 2. The van der Waals surface area contributed by atoms with Crippen LogP contribution in [0.2, 0.25) is 0 Å². The maximum absolute atomic E-state index is 12.9. The molecule has 1 aliphatic heterocycles. The zero-order chi connectivity index (χ0) is 25.3. The average Bonchev–Trinajstić information content (AvgIpc) is 2.86. The molecular weight excluding hydrogens is 471 g/mol. The standard InChI is InChI=1S/C27H28F3N3O3/c1-2-17-14-24(32-33-25(34)31-20-8-6-7-19(15-20)27(28,29)30)35-23-16-22-18(13-21(17)23)9-12-26(36-22)10-4-3-5-11-26/h6-8,13-16H,2-5,9-12H2,1H3,(H2,31,33,34)/b32-24+. The summed E-state index contributed by atoms with van der Waals surface area (Å²) in [6.07, 6.45) is 4.00. The molecule has 5 rings (SSSR count). The Morgan fingerprint density at radius 1 is 1.08 bits per heavy atom. The molecule has 1 aromatic heterocycles. The zero-order valence-corrected chi connectivity index (χ0v) is 20.0. The van der Waals surface area contributed by atoms with Gasteiger partial charge < -0.3 is 14.5 Å². The number of fused-ring (bicyclic) bond motifs is 2. The molecule has 1 saturated carbocycles. The first-order valence-corrected chi connectivity index (χ1v) is 12.3. The first-order chi connectivity index (χ1) is 17.2. The minimum absolute atomic E-state index is 0.00245. The second kappa shape index (κ2) is 9.52. The van der Waals surface area contributed by atoms with Crippen LogP contribution < -0.4 is 21.0 Å². The molecule has 36 heavy (non-hydrogen) atoms. The number of alkyl halides is 3. The summed E-state index contributed by atoms with van der Waals surface area (Å²) in [5, 5.41) is 7.37. The lowest BCUT2D eigenvalue weighted by Gasteiger charge is -2.41. The van der Waals surface area contributed by atoms with Gasteiger partial charge in [-0.3, -0.25) is 0 Å². The van der Waals surface area contributed by atoms with Crippen molar-refractivity contribution in [3.05, 3.63) is 64.7 Å². The van der Waals surface area contributed by atoms with Gasteiger partial charge in [0.2, 0.25) is 5.55 Å². The second-order valence-corrected chi connectivity index (χ2v) is 9.52. The van der Waals surface area contributed by atoms with Crippen molar-refractivity contribution in [2.45, 2.75) is 70.1 Å². The molecule has 2 heterocycles. The molecule has 0 saturated heterocycles. The topological polar surface area (TPSA) is 75.9 Å². The summed E-state index contributed by atoms with van der Waals surface area (Å²) in [6.45, 7) is 2.03. The van der Waals surface area contributed by atoms with Crippen LogP contribution in [0.25, 0.3) is 11.0 Å². The molecular formula is C27H28F3N3O3. The summed E-state index contributed by atoms with van der Waals surface area (Å²) in [5.74, 6) is 0.842. The lowest BCUT2D eigenvalue weighted by molar-refractivity contribution is -0.137. The predicted molar refractivity (Wildman–Crippen MR) is 130 cm³/mol. The molecule has 2 aromatic carbocycles. The molecule has 1 spiro atoms. The number of halogens is 3. The third-order valence-corrected chi connectivity index (χ3v) is 7.06. The maximum atomic E-state index is 12.9. The Balaban J connectivity index is 1.39. The van der Waals surface area contributed by atoms with E-state index in [1.54, 1.807) is 6.07 Å². The van der Waals surface area contributed by atoms with E-state index >= 15 is 0 Å². The summed E-state index contributed by atoms with van der Waals surface area (Å²) in [7, 11) is 0. The van der Waals surface area contributed by atoms with Crippen LogP contribution in [0.15, 0.2) is 52.0 Å². The largest absolute Gasteiger partial charge is 0.487 e. The van der Waals surface area contributed by atoms with Gasteiger partial charge in [-0.15, -0.1) is 5.10 Å². The number of carbonyl (C=O) groups excluding carboxylic acids is 1. The lowest BCUT2D eigenvalue weighted by Crippen LogP contribution is -2.41. The lowest BCUT2D eigenvalue weighted by atomic mass is 9.79. The number of hydrogen-bond acceptors (Lipinski definition) is 4. The van der Waals surface area contributed by atoms with Crippen LogP contribution in [0, 0.1) is 0 Å². The molecule has 0 atom stereocenters. The highest BCUT2D eigenvalue weighted by molar-refractivity contribution is 5.89. The van der Waals surface area contributed by atoms with E-state index in [0.29, 0.717) is 5.58 Å². The monoisotopic (exact) mass is 499 g/mol. The Labute approximate surface area is 206 Å². The molecule has 3 aromatic rings. The Morgan fingerprint density at radius 3 is 2.64 bits per heavy atom. The van der Waals surface area contributed by atoms with Gasteiger partial charge in [-0.25, -0.2) is 10.2 Å². The van der Waals surface area contributed by atoms with Gasteiger partial charge in [0.1, 0.15) is 16.9 Å². The Kier molecular flexibility index (Phi) is 6.40. The third kappa shape index (κ3) is 5.05. The Hall–Kier alpha value is -3.49. The number of nitrogens with one attached hydrogen (secondary N) is 2. The maximum Gasteiger partial charge on any atom is 0.416 e. The van der Waals surface area contributed by atoms with Gasteiger partial charge in [-0.2, -0.15) is 13.2 Å². The van der Waals surface area contributed by atoms with Crippen molar-refractivity contribution in [3.63, 3.8) is 0 Å². The summed E-state index contributed by atoms with van der Waals surface area (Å²) in [5.41, 5.74) is 4.34. The van der Waals surface area contributed by atoms with Crippen LogP contribution in [0.3, 0.4) is 0 Å². The molecule has 1 aliphatic carbocycles. The molecule has 2 amide bonds. The molecule has 1 fully saturated rings. The van der Waals surface area contributed by atoms with Gasteiger partial charge in [0.05, 0.1) is 5.56 Å². The molecule has 0 unspecified atom stereocenters. The number of anilines is 1. The number of nitrogens with zero attached hydrogens (tertiary/aromatic N) is 1. The number of aryl methyl sites for hydroxylation is 2. The minimum Gasteiger partial charge on any atom is -0.487 e. The Bertz CT molecular complexity index is 1360. The van der Waals surface area contributed by atoms with Crippen LogP contribution in [0.5, 0.6) is 5.75 Å². The number of rotatable bonds is 3. The van der Waals surface area contributed by atoms with E-state index in [-0.39, 0.29) is 16.8 Å². The van der Waals surface area contributed by atoms with Crippen LogP contribution in [-0.4, -0.2) is 11.6 Å². The fourth-order valence-electron chi connectivity index (χ4n) is 5.18. The molecule has 0 bridgehead atoms. The first kappa shape index (κ1) is 24.2. The Morgan fingerprint density at radius 2 is 1.89 bits per heavy atom. The summed E-state index contributed by atoms with van der Waals surface area (Å²) < 4.78 is 51.2. The quantitative estimate of drug-likeness (QED) is 0.395. The second-order valence-electron chi connectivity index (χ2n) is 9.52. The number of urea groups is 1. The number of carbonyl (C=O) groups is 1. The first-order valence-electron chi connectivity index (χ1n) is 12.3. The number of hydrogen-bond donors (Lipinski definition) is 2. The predicted octanol–water partition coefficient (Wildman–Crippen LogP) is 6.68. The normalized spacial score (nSPS) is 17.5. The van der Waals surface area contributed by atoms with Crippen LogP contribution in [-0.2, 0) is 19.0 Å². The van der Waals surface area contributed by atoms with Crippen molar-refractivity contribution in [1.82, 2.24) is 5.43 Å². The van der Waals surface area contributed by atoms with Gasteiger partial charge in [0.15, 0.2) is 0 Å². The zero-order valence-electron chi connectivity index (χ0n) is 20.0. The minimum atomic E-state index is -4.50. The van der Waals surface area contributed by atoms with Gasteiger partial charge in [0.25, 0.3) is 0 Å². The highest BCUT2D eigenvalue weighted by Gasteiger charge is 2.37. The molecule has 6 nitrogen and oxygen atoms in total. The summed E-state index contributed by atoms with van der Waals surface area (Å²) in [4.78, 5) is 12.3. The average molecular weight is 500 g/mol. The van der Waals surface area contributed by atoms with E-state index < -0.39 is 17.8 Å². The van der Waals surface area contributed by atoms with Crippen LogP contribution in [0.4, 0.5) is 23.7 Å². The van der Waals surface area contributed by atoms with Gasteiger partial charge >= 0.3 is 12.2 Å². The molecule has 0 radical (unpaired) electrons. The van der Waals surface area contributed by atoms with Crippen molar-refractivity contribution in [2.24, 2.45) is 5.10 Å². The highest BCUT2D eigenvalue weighted by atomic mass is 19.4. The molecule has 9 heteroatoms. The highest BCUT2D eigenvalue weighted by Crippen LogP contribution is 2.43. The van der Waals surface area contributed by atoms with Gasteiger partial charge in [-0.05, 0) is 80.3 Å². The fraction of sp³-hybridized carbons (Fsp3) is 0.407. The van der Waals surface area contributed by atoms with E-state index in [1.807, 2.05) is 13.0 Å². The SMILES string of the molecule is CCc1c/c(=N\NC(=O)Nc2cccc(C(F)(F)F)c2)oc2cc3c(cc12)CCC1(CCCCC1)O3. The summed E-state index contributed by atoms with van der Waals surface area (Å²) in [6, 6.07) is 9.40. The van der Waals surface area contributed by atoms with E-state index in [2.05, 4.69) is 21.9 Å². The van der Waals surface area contributed by atoms with Crippen molar-refractivity contribution in [3.8, 4) is 5.75 Å². The fourth-order valence-corrected chi connectivity index (χ4v) is 5.18. The van der Waals surface area contributed by atoms with Crippen molar-refractivity contribution in [2.75, 3.05) is 5.32 Å². The van der Waals surface area contributed by atoms with Crippen molar-refractivity contribution < 1.29 is 27.1 Å². The van der Waals surface area contributed by atoms with Gasteiger partial charge in [-0.1, -0.05) is 19.4 Å². The van der Waals surface area contributed by atoms with E-state index in [0.717, 1.165) is 60.9 Å². The smallest absolute Gasteiger partial charge is 0.416 e. The van der Waals surface area contributed by atoms with E-state index in [4.69, 9.17) is 9.15 Å². The third-order valence-electron chi connectivity index (χ3n) is 7.06. The van der Waals surface area contributed by atoms with Crippen LogP contribution >= 0.6 is 0 Å². The van der Waals surface area contributed by atoms with E-state index in [9.17, 15) is 18.0 Å². The van der Waals surface area contributed by atoms with Crippen LogP contribution in [0.1, 0.15) is 62.1 Å². The van der Waals surface area contributed by atoms with Crippen molar-refractivity contribution >= 4 is 22.7 Å². The summed E-state index contributed by atoms with van der Waals surface area (Å²) >= 11 is 0. The molecule has 190 valence electrons. The number of benzene rings is 2. The van der Waals surface area contributed by atoms with Crippen molar-refractivity contribution in [1.29, 1.82) is 0 Å². The van der Waals surface area contributed by atoms with E-state index in [1.165, 1.54) is 37.0 Å². The molecule has 2 N–H and O–H groups in total. The van der Waals surface area contributed by atoms with Gasteiger partial charge in [0, 0.05) is 23.2 Å².